The Morgan fingerprint density at radius 2 is 1.89 bits per heavy atom. The largest absolute Gasteiger partial charge is 0.452 e. The minimum Gasteiger partial charge on any atom is -0.452 e. The second kappa shape index (κ2) is 8.58. The van der Waals surface area contributed by atoms with Gasteiger partial charge in [-0.05, 0) is 30.3 Å². The van der Waals surface area contributed by atoms with Crippen molar-refractivity contribution >= 4 is 43.7 Å². The summed E-state index contributed by atoms with van der Waals surface area (Å²) in [6.45, 7) is 4.80. The van der Waals surface area contributed by atoms with Crippen LogP contribution in [0, 0.1) is 0 Å². The fourth-order valence-corrected chi connectivity index (χ4v) is 3.35. The van der Waals surface area contributed by atoms with E-state index < -0.39 is 0 Å². The molecule has 0 aliphatic rings. The lowest BCUT2D eigenvalue weighted by atomic mass is 10.1. The maximum absolute atomic E-state index is 12.7. The van der Waals surface area contributed by atoms with Gasteiger partial charge in [0.1, 0.15) is 16.8 Å². The van der Waals surface area contributed by atoms with Gasteiger partial charge >= 0.3 is 5.69 Å². The van der Waals surface area contributed by atoms with E-state index in [0.717, 1.165) is 20.9 Å². The number of hydrogen-bond acceptors (Lipinski definition) is 5. The van der Waals surface area contributed by atoms with Gasteiger partial charge in [0.2, 0.25) is 0 Å². The second-order valence-corrected chi connectivity index (χ2v) is 6.85. The standard InChI is InChI=1S/C19H16BrN3O3.C2H6/c1-25-9-8-23-17-14-7-4-12(20)10-15(14)26-18(17)16(22-19(23)24)11-2-5-13(21)6-3-11;1-2/h2-7,10H,8-9,21H2,1H3;1-2H3. The van der Waals surface area contributed by atoms with E-state index >= 15 is 0 Å². The van der Waals surface area contributed by atoms with Crippen LogP contribution >= 0.6 is 15.9 Å². The number of halogens is 1. The number of fused-ring (bicyclic) bond motifs is 3. The Morgan fingerprint density at radius 1 is 1.18 bits per heavy atom. The number of anilines is 1. The first kappa shape index (κ1) is 20.1. The lowest BCUT2D eigenvalue weighted by Gasteiger charge is -2.09. The van der Waals surface area contributed by atoms with Crippen molar-refractivity contribution in [2.24, 2.45) is 0 Å². The van der Waals surface area contributed by atoms with E-state index in [4.69, 9.17) is 14.9 Å². The zero-order valence-corrected chi connectivity index (χ0v) is 17.6. The number of ether oxygens (including phenoxy) is 1. The number of nitrogen functional groups attached to an aromatic ring is 1. The third kappa shape index (κ3) is 3.68. The molecule has 0 unspecified atom stereocenters. The molecule has 0 saturated heterocycles. The van der Waals surface area contributed by atoms with Crippen LogP contribution in [0.25, 0.3) is 33.3 Å². The first-order chi connectivity index (χ1) is 13.6. The number of hydrogen-bond donors (Lipinski definition) is 1. The molecule has 2 aromatic heterocycles. The summed E-state index contributed by atoms with van der Waals surface area (Å²) in [5.41, 5.74) is 9.33. The fraction of sp³-hybridized carbons (Fsp3) is 0.238. The van der Waals surface area contributed by atoms with Gasteiger partial charge in [-0.1, -0.05) is 41.9 Å². The van der Waals surface area contributed by atoms with Crippen LogP contribution in [0.2, 0.25) is 0 Å². The lowest BCUT2D eigenvalue weighted by Crippen LogP contribution is -2.25. The summed E-state index contributed by atoms with van der Waals surface area (Å²) in [6, 6.07) is 13.0. The second-order valence-electron chi connectivity index (χ2n) is 5.93. The number of methoxy groups -OCH3 is 1. The average Bonchev–Trinajstić information content (AvgIpc) is 3.07. The summed E-state index contributed by atoms with van der Waals surface area (Å²) in [6.07, 6.45) is 0. The Kier molecular flexibility index (Phi) is 6.16. The highest BCUT2D eigenvalue weighted by molar-refractivity contribution is 9.10. The van der Waals surface area contributed by atoms with E-state index in [1.807, 2.05) is 44.2 Å². The molecular weight excluding hydrogens is 422 g/mol. The number of furan rings is 1. The quantitative estimate of drug-likeness (QED) is 0.456. The zero-order chi connectivity index (χ0) is 20.3. The molecule has 0 radical (unpaired) electrons. The number of nitrogens with two attached hydrogens (primary N) is 1. The van der Waals surface area contributed by atoms with Gasteiger partial charge in [-0.2, -0.15) is 4.98 Å². The Bertz CT molecular complexity index is 1160. The Morgan fingerprint density at radius 3 is 2.57 bits per heavy atom. The van der Waals surface area contributed by atoms with Crippen LogP contribution in [0.3, 0.4) is 0 Å². The number of benzene rings is 2. The zero-order valence-electron chi connectivity index (χ0n) is 16.0. The lowest BCUT2D eigenvalue weighted by molar-refractivity contribution is 0.187. The Hall–Kier alpha value is -2.64. The maximum Gasteiger partial charge on any atom is 0.348 e. The number of aromatic nitrogens is 2. The molecule has 0 spiro atoms. The maximum atomic E-state index is 12.7. The molecule has 6 nitrogen and oxygen atoms in total. The molecule has 0 aliphatic heterocycles. The molecule has 28 heavy (non-hydrogen) atoms. The summed E-state index contributed by atoms with van der Waals surface area (Å²) in [7, 11) is 1.60. The molecule has 2 aromatic carbocycles. The van der Waals surface area contributed by atoms with Crippen LogP contribution in [0.1, 0.15) is 13.8 Å². The van der Waals surface area contributed by atoms with Gasteiger partial charge in [0.15, 0.2) is 5.58 Å². The molecule has 2 heterocycles. The molecule has 0 bridgehead atoms. The predicted molar refractivity (Wildman–Crippen MR) is 117 cm³/mol. The summed E-state index contributed by atoms with van der Waals surface area (Å²) in [5.74, 6) is 0. The Labute approximate surface area is 171 Å². The SMILES string of the molecule is CC.COCCn1c(=O)nc(-c2ccc(N)cc2)c2oc3cc(Br)ccc3c21. The van der Waals surface area contributed by atoms with Gasteiger partial charge in [0.25, 0.3) is 0 Å². The van der Waals surface area contributed by atoms with Crippen molar-refractivity contribution < 1.29 is 9.15 Å². The summed E-state index contributed by atoms with van der Waals surface area (Å²) in [4.78, 5) is 17.0. The smallest absolute Gasteiger partial charge is 0.348 e. The van der Waals surface area contributed by atoms with Crippen molar-refractivity contribution in [2.45, 2.75) is 20.4 Å². The average molecular weight is 444 g/mol. The topological polar surface area (TPSA) is 83.3 Å². The molecular formula is C21H22BrN3O3. The van der Waals surface area contributed by atoms with E-state index in [2.05, 4.69) is 20.9 Å². The Balaban J connectivity index is 0.00000109. The van der Waals surface area contributed by atoms with E-state index in [0.29, 0.717) is 35.7 Å². The fourth-order valence-electron chi connectivity index (χ4n) is 3.01. The van der Waals surface area contributed by atoms with Crippen molar-refractivity contribution in [3.05, 3.63) is 57.4 Å². The van der Waals surface area contributed by atoms with Crippen molar-refractivity contribution in [2.75, 3.05) is 19.5 Å². The van der Waals surface area contributed by atoms with E-state index in [1.54, 1.807) is 23.8 Å². The highest BCUT2D eigenvalue weighted by Crippen LogP contribution is 2.34. The highest BCUT2D eigenvalue weighted by atomic mass is 79.9. The van der Waals surface area contributed by atoms with Crippen molar-refractivity contribution in [1.29, 1.82) is 0 Å². The molecule has 4 aromatic rings. The van der Waals surface area contributed by atoms with Crippen LogP contribution in [-0.2, 0) is 11.3 Å². The van der Waals surface area contributed by atoms with Gasteiger partial charge in [0, 0.05) is 28.2 Å². The van der Waals surface area contributed by atoms with Crippen molar-refractivity contribution in [1.82, 2.24) is 9.55 Å². The molecule has 0 fully saturated rings. The third-order valence-electron chi connectivity index (χ3n) is 4.25. The molecule has 0 atom stereocenters. The molecule has 7 heteroatoms. The van der Waals surface area contributed by atoms with E-state index in [-0.39, 0.29) is 5.69 Å². The van der Waals surface area contributed by atoms with Gasteiger partial charge in [-0.3, -0.25) is 4.57 Å². The van der Waals surface area contributed by atoms with E-state index in [1.165, 1.54) is 0 Å². The number of rotatable bonds is 4. The first-order valence-corrected chi connectivity index (χ1v) is 9.85. The summed E-state index contributed by atoms with van der Waals surface area (Å²) in [5, 5.41) is 0.857. The minimum atomic E-state index is -0.341. The van der Waals surface area contributed by atoms with Crippen LogP contribution in [0.4, 0.5) is 5.69 Å². The van der Waals surface area contributed by atoms with E-state index in [9.17, 15) is 4.79 Å². The van der Waals surface area contributed by atoms with Gasteiger partial charge < -0.3 is 14.9 Å². The molecule has 2 N–H and O–H groups in total. The monoisotopic (exact) mass is 443 g/mol. The summed E-state index contributed by atoms with van der Waals surface area (Å²) >= 11 is 3.46. The molecule has 0 saturated carbocycles. The van der Waals surface area contributed by atoms with Crippen LogP contribution in [-0.4, -0.2) is 23.3 Å². The van der Waals surface area contributed by atoms with Crippen LogP contribution in [0.5, 0.6) is 0 Å². The van der Waals surface area contributed by atoms with Crippen LogP contribution < -0.4 is 11.4 Å². The van der Waals surface area contributed by atoms with Gasteiger partial charge in [-0.25, -0.2) is 4.79 Å². The molecule has 0 amide bonds. The summed E-state index contributed by atoms with van der Waals surface area (Å²) < 4.78 is 13.7. The van der Waals surface area contributed by atoms with Crippen LogP contribution in [0.15, 0.2) is 56.1 Å². The van der Waals surface area contributed by atoms with Gasteiger partial charge in [0.05, 0.1) is 13.2 Å². The molecule has 4 rings (SSSR count). The van der Waals surface area contributed by atoms with Crippen molar-refractivity contribution in [3.63, 3.8) is 0 Å². The van der Waals surface area contributed by atoms with Gasteiger partial charge in [-0.15, -0.1) is 0 Å². The molecule has 0 aliphatic carbocycles. The highest BCUT2D eigenvalue weighted by Gasteiger charge is 2.19. The van der Waals surface area contributed by atoms with Crippen molar-refractivity contribution in [3.8, 4) is 11.3 Å². The molecule has 146 valence electrons. The third-order valence-corrected chi connectivity index (χ3v) is 4.75. The first-order valence-electron chi connectivity index (χ1n) is 9.06. The number of nitrogens with zero attached hydrogens (tertiary/aromatic N) is 2. The normalized spacial score (nSPS) is 10.9. The predicted octanol–water partition coefficient (Wildman–Crippen LogP) is 4.83. The minimum absolute atomic E-state index is 0.341.